The molecule has 0 radical (unpaired) electrons. The molecule has 3 N–H and O–H groups in total. The Morgan fingerprint density at radius 1 is 1.11 bits per heavy atom. The van der Waals surface area contributed by atoms with E-state index in [1.165, 1.54) is 0 Å². The number of nitrogens with zero attached hydrogens (tertiary/aromatic N) is 4. The SMILES string of the molecule is O=[N+]([O-])c1cc(NC(=S)N=Nc2c(O)[nH]c3ccccc23)cc([N+](=O)[O-])c1. The van der Waals surface area contributed by atoms with Gasteiger partial charge in [-0.05, 0) is 18.3 Å². The van der Waals surface area contributed by atoms with Gasteiger partial charge in [0.25, 0.3) is 11.4 Å². The summed E-state index contributed by atoms with van der Waals surface area (Å²) >= 11 is 4.99. The van der Waals surface area contributed by atoms with Gasteiger partial charge in [-0.15, -0.1) is 10.2 Å². The van der Waals surface area contributed by atoms with E-state index < -0.39 is 21.2 Å². The molecule has 1 heterocycles. The van der Waals surface area contributed by atoms with Crippen LogP contribution in [0.25, 0.3) is 10.9 Å². The fourth-order valence-corrected chi connectivity index (χ4v) is 2.49. The first-order valence-corrected chi connectivity index (χ1v) is 7.72. The topological polar surface area (TPSA) is 159 Å². The summed E-state index contributed by atoms with van der Waals surface area (Å²) in [5, 5.41) is 42.3. The minimum Gasteiger partial charge on any atom is -0.493 e. The Hall–Kier alpha value is -3.93. The summed E-state index contributed by atoms with van der Waals surface area (Å²) in [4.78, 5) is 23.0. The quantitative estimate of drug-likeness (QED) is 0.262. The molecule has 1 aromatic heterocycles. The van der Waals surface area contributed by atoms with Gasteiger partial charge >= 0.3 is 0 Å². The third-order valence-electron chi connectivity index (χ3n) is 3.48. The molecule has 0 saturated heterocycles. The van der Waals surface area contributed by atoms with Gasteiger partial charge in [0.15, 0.2) is 5.69 Å². The molecule has 12 heteroatoms. The number of hydrogen-bond donors (Lipinski definition) is 3. The summed E-state index contributed by atoms with van der Waals surface area (Å²) in [6.45, 7) is 0. The molecule has 0 atom stereocenters. The molecule has 0 amide bonds. The molecular weight excluding hydrogens is 376 g/mol. The summed E-state index contributed by atoms with van der Waals surface area (Å²) in [7, 11) is 0. The highest BCUT2D eigenvalue weighted by Gasteiger charge is 2.17. The van der Waals surface area contributed by atoms with E-state index in [1.54, 1.807) is 24.3 Å². The Morgan fingerprint density at radius 3 is 2.37 bits per heavy atom. The molecule has 27 heavy (non-hydrogen) atoms. The molecule has 2 aromatic carbocycles. The van der Waals surface area contributed by atoms with Crippen LogP contribution in [-0.4, -0.2) is 25.0 Å². The van der Waals surface area contributed by atoms with Crippen LogP contribution in [0.2, 0.25) is 0 Å². The van der Waals surface area contributed by atoms with Crippen LogP contribution >= 0.6 is 12.2 Å². The van der Waals surface area contributed by atoms with Crippen molar-refractivity contribution in [2.45, 2.75) is 0 Å². The normalized spacial score (nSPS) is 11.0. The number of para-hydroxylation sites is 1. The number of hydrogen-bond acceptors (Lipinski definition) is 7. The molecule has 0 saturated carbocycles. The molecule has 0 aliphatic heterocycles. The Balaban J connectivity index is 1.85. The molecule has 0 bridgehead atoms. The first kappa shape index (κ1) is 17.9. The molecule has 0 unspecified atom stereocenters. The number of nitrogens with one attached hydrogen (secondary N) is 2. The number of non-ortho nitro benzene ring substituents is 2. The molecule has 0 aliphatic carbocycles. The summed E-state index contributed by atoms with van der Waals surface area (Å²) in [6, 6.07) is 10.00. The average Bonchev–Trinajstić information content (AvgIpc) is 2.94. The predicted molar refractivity (Wildman–Crippen MR) is 100 cm³/mol. The first-order chi connectivity index (χ1) is 12.8. The van der Waals surface area contributed by atoms with Crippen molar-refractivity contribution in [3.05, 3.63) is 62.7 Å². The zero-order chi connectivity index (χ0) is 19.6. The number of rotatable bonds is 4. The van der Waals surface area contributed by atoms with Crippen molar-refractivity contribution < 1.29 is 15.0 Å². The highest BCUT2D eigenvalue weighted by atomic mass is 32.1. The van der Waals surface area contributed by atoms with Crippen molar-refractivity contribution in [3.8, 4) is 5.88 Å². The van der Waals surface area contributed by atoms with E-state index in [9.17, 15) is 25.3 Å². The van der Waals surface area contributed by atoms with E-state index in [0.717, 1.165) is 18.2 Å². The maximum absolute atomic E-state index is 10.9. The van der Waals surface area contributed by atoms with Crippen molar-refractivity contribution >= 4 is 51.0 Å². The molecule has 0 fully saturated rings. The summed E-state index contributed by atoms with van der Waals surface area (Å²) in [5.41, 5.74) is -0.110. The van der Waals surface area contributed by atoms with Crippen LogP contribution in [0.15, 0.2) is 52.7 Å². The minimum atomic E-state index is -0.757. The number of nitro benzene ring substituents is 2. The van der Waals surface area contributed by atoms with Gasteiger partial charge in [0.1, 0.15) is 0 Å². The monoisotopic (exact) mass is 386 g/mol. The number of anilines is 1. The Kier molecular flexibility index (Phi) is 4.72. The third kappa shape index (κ3) is 3.85. The average molecular weight is 386 g/mol. The van der Waals surface area contributed by atoms with Gasteiger partial charge < -0.3 is 15.4 Å². The lowest BCUT2D eigenvalue weighted by Crippen LogP contribution is -2.06. The second-order valence-electron chi connectivity index (χ2n) is 5.25. The highest BCUT2D eigenvalue weighted by molar-refractivity contribution is 7.80. The summed E-state index contributed by atoms with van der Waals surface area (Å²) in [6.07, 6.45) is 0. The van der Waals surface area contributed by atoms with Crippen molar-refractivity contribution in [2.75, 3.05) is 5.32 Å². The van der Waals surface area contributed by atoms with E-state index in [-0.39, 0.29) is 22.4 Å². The summed E-state index contributed by atoms with van der Waals surface area (Å²) in [5.74, 6) is -0.200. The van der Waals surface area contributed by atoms with E-state index in [4.69, 9.17) is 12.2 Å². The maximum atomic E-state index is 10.9. The number of benzene rings is 2. The number of aromatic hydroxyl groups is 1. The fourth-order valence-electron chi connectivity index (χ4n) is 2.34. The standard InChI is InChI=1S/C15H10N6O5S/c22-14-13(11-3-1-2-4-12(11)17-14)18-19-15(27)16-8-5-9(20(23)24)7-10(6-8)21(25)26/h1-7,17,22H,(H,16,27). The molecule has 3 rings (SSSR count). The van der Waals surface area contributed by atoms with Crippen molar-refractivity contribution in [2.24, 2.45) is 10.2 Å². The fraction of sp³-hybridized carbons (Fsp3) is 0. The largest absolute Gasteiger partial charge is 0.493 e. The number of thiocarbonyl (C=S) groups is 1. The van der Waals surface area contributed by atoms with Crippen LogP contribution in [0.4, 0.5) is 22.7 Å². The lowest BCUT2D eigenvalue weighted by atomic mass is 10.2. The van der Waals surface area contributed by atoms with E-state index in [1.807, 2.05) is 0 Å². The second-order valence-corrected chi connectivity index (χ2v) is 5.64. The smallest absolute Gasteiger partial charge is 0.278 e. The van der Waals surface area contributed by atoms with E-state index in [0.29, 0.717) is 10.9 Å². The van der Waals surface area contributed by atoms with Crippen LogP contribution in [0.1, 0.15) is 0 Å². The van der Waals surface area contributed by atoms with Gasteiger partial charge in [-0.25, -0.2) is 0 Å². The van der Waals surface area contributed by atoms with Crippen molar-refractivity contribution in [1.29, 1.82) is 0 Å². The highest BCUT2D eigenvalue weighted by Crippen LogP contribution is 2.35. The van der Waals surface area contributed by atoms with Gasteiger partial charge in [-0.1, -0.05) is 18.2 Å². The molecule has 0 spiro atoms. The van der Waals surface area contributed by atoms with Crippen LogP contribution in [0.3, 0.4) is 0 Å². The minimum absolute atomic E-state index is 0.0167. The summed E-state index contributed by atoms with van der Waals surface area (Å²) < 4.78 is 0. The van der Waals surface area contributed by atoms with E-state index >= 15 is 0 Å². The van der Waals surface area contributed by atoms with Crippen LogP contribution in [0, 0.1) is 20.2 Å². The Labute approximate surface area is 155 Å². The second kappa shape index (κ2) is 7.13. The maximum Gasteiger partial charge on any atom is 0.278 e. The molecule has 3 aromatic rings. The zero-order valence-electron chi connectivity index (χ0n) is 13.3. The van der Waals surface area contributed by atoms with E-state index in [2.05, 4.69) is 20.5 Å². The van der Waals surface area contributed by atoms with Crippen molar-refractivity contribution in [3.63, 3.8) is 0 Å². The first-order valence-electron chi connectivity index (χ1n) is 7.31. The van der Waals surface area contributed by atoms with Crippen LogP contribution in [-0.2, 0) is 0 Å². The lowest BCUT2D eigenvalue weighted by molar-refractivity contribution is -0.394. The van der Waals surface area contributed by atoms with Gasteiger partial charge in [-0.2, -0.15) is 0 Å². The number of aromatic nitrogens is 1. The molecule has 11 nitrogen and oxygen atoms in total. The molecule has 0 aliphatic rings. The van der Waals surface area contributed by atoms with Crippen molar-refractivity contribution in [1.82, 2.24) is 4.98 Å². The number of azo groups is 1. The lowest BCUT2D eigenvalue weighted by Gasteiger charge is -2.03. The van der Waals surface area contributed by atoms with Crippen LogP contribution < -0.4 is 5.32 Å². The van der Waals surface area contributed by atoms with Gasteiger partial charge in [0.2, 0.25) is 11.0 Å². The Morgan fingerprint density at radius 2 is 1.74 bits per heavy atom. The molecular formula is C15H10N6O5S. The number of nitro groups is 2. The van der Waals surface area contributed by atoms with Gasteiger partial charge in [-0.3, -0.25) is 20.2 Å². The number of H-pyrrole nitrogens is 1. The van der Waals surface area contributed by atoms with Crippen LogP contribution in [0.5, 0.6) is 5.88 Å². The third-order valence-corrected chi connectivity index (χ3v) is 3.66. The predicted octanol–water partition coefficient (Wildman–Crippen LogP) is 4.17. The molecule has 136 valence electrons. The zero-order valence-corrected chi connectivity index (χ0v) is 14.1. The number of aromatic amines is 1. The number of fused-ring (bicyclic) bond motifs is 1. The van der Waals surface area contributed by atoms with Gasteiger partial charge in [0.05, 0.1) is 27.1 Å². The van der Waals surface area contributed by atoms with Gasteiger partial charge in [0, 0.05) is 17.5 Å². The Bertz CT molecular complexity index is 1080.